The maximum Gasteiger partial charge on any atom is 0.147 e. The van der Waals surface area contributed by atoms with Crippen LogP contribution in [0, 0.1) is 28.1 Å². The predicted molar refractivity (Wildman–Crippen MR) is 52.6 cm³/mol. The molecular weight excluding hydrogens is 160 g/mol. The van der Waals surface area contributed by atoms with Crippen LogP contribution in [0.5, 0.6) is 0 Å². The fourth-order valence-electron chi connectivity index (χ4n) is 1.25. The highest BCUT2D eigenvalue weighted by molar-refractivity contribution is 5.15. The molecule has 70 valence electrons. The monoisotopic (exact) mass is 176 g/mol. The molecule has 0 aromatic rings. The van der Waals surface area contributed by atoms with Gasteiger partial charge in [-0.25, -0.2) is 0 Å². The zero-order valence-corrected chi connectivity index (χ0v) is 8.21. The van der Waals surface area contributed by atoms with Crippen LogP contribution in [0.1, 0.15) is 39.0 Å². The zero-order chi connectivity index (χ0) is 10.2. The first kappa shape index (κ1) is 11.7. The molecule has 0 aliphatic heterocycles. The molecule has 13 heavy (non-hydrogen) atoms. The number of hydrogen-bond acceptors (Lipinski definition) is 2. The third-order valence-corrected chi connectivity index (χ3v) is 2.13. The van der Waals surface area contributed by atoms with Crippen molar-refractivity contribution < 1.29 is 0 Å². The number of allylic oxidation sites excluding steroid dienone is 1. The van der Waals surface area contributed by atoms with Gasteiger partial charge in [-0.1, -0.05) is 32.3 Å². The summed E-state index contributed by atoms with van der Waals surface area (Å²) in [6.45, 7) is 5.67. The molecule has 0 spiro atoms. The normalized spacial score (nSPS) is 10.1. The largest absolute Gasteiger partial charge is 0.197 e. The molecule has 0 saturated carbocycles. The van der Waals surface area contributed by atoms with Gasteiger partial charge in [-0.3, -0.25) is 0 Å². The van der Waals surface area contributed by atoms with Crippen molar-refractivity contribution in [1.29, 1.82) is 10.5 Å². The molecule has 0 aromatic carbocycles. The van der Waals surface area contributed by atoms with Crippen molar-refractivity contribution >= 4 is 0 Å². The Kier molecular flexibility index (Phi) is 5.64. The summed E-state index contributed by atoms with van der Waals surface area (Å²) in [7, 11) is 0. The van der Waals surface area contributed by atoms with Crippen LogP contribution in [0.3, 0.4) is 0 Å². The van der Waals surface area contributed by atoms with Crippen LogP contribution < -0.4 is 0 Å². The van der Waals surface area contributed by atoms with Crippen LogP contribution >= 0.6 is 0 Å². The van der Waals surface area contributed by atoms with Gasteiger partial charge < -0.3 is 0 Å². The van der Waals surface area contributed by atoms with Gasteiger partial charge in [-0.2, -0.15) is 10.5 Å². The average Bonchev–Trinajstić information content (AvgIpc) is 2.17. The van der Waals surface area contributed by atoms with Gasteiger partial charge in [-0.05, 0) is 12.8 Å². The summed E-state index contributed by atoms with van der Waals surface area (Å²) < 4.78 is 0. The number of unbranched alkanes of at least 4 members (excludes halogenated alkanes) is 2. The van der Waals surface area contributed by atoms with E-state index in [0.29, 0.717) is 12.8 Å². The fraction of sp³-hybridized carbons (Fsp3) is 0.636. The van der Waals surface area contributed by atoms with Crippen LogP contribution in [0.15, 0.2) is 12.7 Å². The molecule has 2 heteroatoms. The Morgan fingerprint density at radius 2 is 1.92 bits per heavy atom. The molecule has 0 aliphatic carbocycles. The summed E-state index contributed by atoms with van der Waals surface area (Å²) in [4.78, 5) is 0. The Balaban J connectivity index is 4.17. The van der Waals surface area contributed by atoms with Gasteiger partial charge in [-0.15, -0.1) is 6.58 Å². The van der Waals surface area contributed by atoms with Crippen LogP contribution in [0.25, 0.3) is 0 Å². The first-order chi connectivity index (χ1) is 6.24. The van der Waals surface area contributed by atoms with E-state index in [-0.39, 0.29) is 0 Å². The minimum absolute atomic E-state index is 0.476. The van der Waals surface area contributed by atoms with Gasteiger partial charge >= 0.3 is 0 Å². The van der Waals surface area contributed by atoms with Crippen molar-refractivity contribution in [3.63, 3.8) is 0 Å². The first-order valence-corrected chi connectivity index (χ1v) is 4.68. The van der Waals surface area contributed by atoms with Gasteiger partial charge in [0.05, 0.1) is 12.1 Å². The quantitative estimate of drug-likeness (QED) is 0.461. The van der Waals surface area contributed by atoms with Crippen molar-refractivity contribution in [1.82, 2.24) is 0 Å². The van der Waals surface area contributed by atoms with Crippen LogP contribution in [-0.2, 0) is 0 Å². The fourth-order valence-corrected chi connectivity index (χ4v) is 1.25. The zero-order valence-electron chi connectivity index (χ0n) is 8.21. The molecule has 0 bridgehead atoms. The second-order valence-electron chi connectivity index (χ2n) is 3.26. The van der Waals surface area contributed by atoms with E-state index < -0.39 is 5.41 Å². The molecule has 0 N–H and O–H groups in total. The average molecular weight is 176 g/mol. The molecule has 0 rings (SSSR count). The third kappa shape index (κ3) is 3.76. The lowest BCUT2D eigenvalue weighted by molar-refractivity contribution is 0.453. The Hall–Kier alpha value is -1.28. The van der Waals surface area contributed by atoms with Gasteiger partial charge in [0, 0.05) is 0 Å². The van der Waals surface area contributed by atoms with E-state index in [9.17, 15) is 0 Å². The van der Waals surface area contributed by atoms with Gasteiger partial charge in [0.25, 0.3) is 0 Å². The summed E-state index contributed by atoms with van der Waals surface area (Å²) in [6, 6.07) is 4.19. The molecule has 0 unspecified atom stereocenters. The topological polar surface area (TPSA) is 47.6 Å². The lowest BCUT2D eigenvalue weighted by Crippen LogP contribution is -2.14. The van der Waals surface area contributed by atoms with Crippen LogP contribution in [0.4, 0.5) is 0 Å². The molecule has 0 aromatic heterocycles. The Labute approximate surface area is 80.5 Å². The summed E-state index contributed by atoms with van der Waals surface area (Å²) in [5.41, 5.74) is -0.822. The lowest BCUT2D eigenvalue weighted by Gasteiger charge is -2.15. The number of rotatable bonds is 6. The molecular formula is C11H16N2. The Bertz CT molecular complexity index is 215. The second-order valence-corrected chi connectivity index (χ2v) is 3.26. The molecule has 0 amide bonds. The molecule has 0 heterocycles. The highest BCUT2D eigenvalue weighted by Crippen LogP contribution is 2.27. The predicted octanol–water partition coefficient (Wildman–Crippen LogP) is 3.18. The molecule has 0 saturated heterocycles. The second kappa shape index (κ2) is 6.26. The Morgan fingerprint density at radius 1 is 1.31 bits per heavy atom. The van der Waals surface area contributed by atoms with Crippen LogP contribution in [0.2, 0.25) is 0 Å². The van der Waals surface area contributed by atoms with Crippen molar-refractivity contribution in [2.24, 2.45) is 5.41 Å². The van der Waals surface area contributed by atoms with Crippen molar-refractivity contribution in [3.05, 3.63) is 12.7 Å². The minimum Gasteiger partial charge on any atom is -0.197 e. The van der Waals surface area contributed by atoms with Gasteiger partial charge in [0.1, 0.15) is 5.41 Å². The summed E-state index contributed by atoms with van der Waals surface area (Å²) in [6.07, 6.45) is 5.94. The molecule has 0 fully saturated rings. The maximum absolute atomic E-state index is 8.89. The minimum atomic E-state index is -0.822. The number of nitrogens with zero attached hydrogens (tertiary/aromatic N) is 2. The molecule has 0 atom stereocenters. The van der Waals surface area contributed by atoms with E-state index in [4.69, 9.17) is 10.5 Å². The number of nitriles is 2. The van der Waals surface area contributed by atoms with E-state index in [1.807, 2.05) is 0 Å². The summed E-state index contributed by atoms with van der Waals surface area (Å²) >= 11 is 0. The maximum atomic E-state index is 8.89. The lowest BCUT2D eigenvalue weighted by atomic mass is 9.82. The first-order valence-electron chi connectivity index (χ1n) is 4.68. The highest BCUT2D eigenvalue weighted by atomic mass is 14.4. The van der Waals surface area contributed by atoms with Crippen molar-refractivity contribution in [3.8, 4) is 12.1 Å². The molecule has 0 aliphatic rings. The van der Waals surface area contributed by atoms with E-state index >= 15 is 0 Å². The van der Waals surface area contributed by atoms with E-state index in [0.717, 1.165) is 19.3 Å². The van der Waals surface area contributed by atoms with E-state index in [1.165, 1.54) is 0 Å². The summed E-state index contributed by atoms with van der Waals surface area (Å²) in [5, 5.41) is 17.8. The van der Waals surface area contributed by atoms with Crippen molar-refractivity contribution in [2.45, 2.75) is 39.0 Å². The van der Waals surface area contributed by atoms with Crippen molar-refractivity contribution in [2.75, 3.05) is 0 Å². The number of hydrogen-bond donors (Lipinski definition) is 0. The SMILES string of the molecule is C=CCC(C#N)(C#N)CCCCC. The third-order valence-electron chi connectivity index (χ3n) is 2.13. The summed E-state index contributed by atoms with van der Waals surface area (Å²) in [5.74, 6) is 0. The standard InChI is InChI=1S/C11H16N2/c1-3-5-6-8-11(9-12,10-13)7-4-2/h4H,2-3,5-8H2,1H3. The van der Waals surface area contributed by atoms with Gasteiger partial charge in [0.2, 0.25) is 0 Å². The smallest absolute Gasteiger partial charge is 0.147 e. The highest BCUT2D eigenvalue weighted by Gasteiger charge is 2.27. The van der Waals surface area contributed by atoms with E-state index in [1.54, 1.807) is 6.08 Å². The molecule has 0 radical (unpaired) electrons. The van der Waals surface area contributed by atoms with Gasteiger partial charge in [0.15, 0.2) is 0 Å². The van der Waals surface area contributed by atoms with Crippen LogP contribution in [-0.4, -0.2) is 0 Å². The molecule has 2 nitrogen and oxygen atoms in total. The Morgan fingerprint density at radius 3 is 2.31 bits per heavy atom. The van der Waals surface area contributed by atoms with E-state index in [2.05, 4.69) is 25.6 Å².